The second-order valence-corrected chi connectivity index (χ2v) is 4.43. The van der Waals surface area contributed by atoms with Gasteiger partial charge in [-0.25, -0.2) is 0 Å². The van der Waals surface area contributed by atoms with Gasteiger partial charge in [0.2, 0.25) is 0 Å². The minimum atomic E-state index is 0.324. The molecular formula is C13H15NO. The molecule has 0 aromatic heterocycles. The Labute approximate surface area is 89.9 Å². The smallest absolute Gasteiger partial charge is 0.166 e. The van der Waals surface area contributed by atoms with Crippen LogP contribution in [0.5, 0.6) is 0 Å². The molecular weight excluding hydrogens is 186 g/mol. The van der Waals surface area contributed by atoms with Crippen molar-refractivity contribution >= 4 is 11.5 Å². The van der Waals surface area contributed by atoms with E-state index in [0.717, 1.165) is 25.1 Å². The van der Waals surface area contributed by atoms with Crippen LogP contribution in [0.25, 0.3) is 0 Å². The van der Waals surface area contributed by atoms with E-state index in [1.54, 1.807) is 0 Å². The lowest BCUT2D eigenvalue weighted by molar-refractivity contribution is 0.0980. The van der Waals surface area contributed by atoms with E-state index < -0.39 is 0 Å². The van der Waals surface area contributed by atoms with Gasteiger partial charge in [-0.15, -0.1) is 0 Å². The predicted octanol–water partition coefficient (Wildman–Crippen LogP) is 2.42. The standard InChI is InChI=1S/C13H15NO/c15-12-7-9-14-8-2-1-4-10-5-3-6-11(12)13(10)14/h3,5-6H,1-2,4,7-9H2. The molecule has 0 radical (unpaired) electrons. The Bertz CT molecular complexity index is 411. The molecule has 0 N–H and O–H groups in total. The summed E-state index contributed by atoms with van der Waals surface area (Å²) in [5.74, 6) is 0.324. The van der Waals surface area contributed by atoms with Gasteiger partial charge in [0.1, 0.15) is 0 Å². The maximum absolute atomic E-state index is 11.8. The fourth-order valence-corrected chi connectivity index (χ4v) is 2.72. The first-order valence-corrected chi connectivity index (χ1v) is 5.76. The predicted molar refractivity (Wildman–Crippen MR) is 60.5 cm³/mol. The molecule has 3 rings (SSSR count). The number of hydrogen-bond donors (Lipinski definition) is 0. The highest BCUT2D eigenvalue weighted by Gasteiger charge is 2.26. The number of para-hydroxylation sites is 1. The van der Waals surface area contributed by atoms with Gasteiger partial charge in [-0.05, 0) is 30.9 Å². The van der Waals surface area contributed by atoms with Gasteiger partial charge in [-0.2, -0.15) is 0 Å². The van der Waals surface area contributed by atoms with E-state index in [1.807, 2.05) is 12.1 Å². The average molecular weight is 201 g/mol. The van der Waals surface area contributed by atoms with Crippen molar-refractivity contribution in [3.05, 3.63) is 29.3 Å². The molecule has 0 atom stereocenters. The van der Waals surface area contributed by atoms with Crippen molar-refractivity contribution in [3.8, 4) is 0 Å². The molecule has 2 nitrogen and oxygen atoms in total. The monoisotopic (exact) mass is 201 g/mol. The minimum absolute atomic E-state index is 0.324. The Morgan fingerprint density at radius 2 is 2.00 bits per heavy atom. The molecule has 78 valence electrons. The Hall–Kier alpha value is -1.31. The summed E-state index contributed by atoms with van der Waals surface area (Å²) in [7, 11) is 0. The van der Waals surface area contributed by atoms with Crippen molar-refractivity contribution in [2.75, 3.05) is 18.0 Å². The Kier molecular flexibility index (Phi) is 2.01. The Balaban J connectivity index is 2.19. The molecule has 2 heterocycles. The maximum Gasteiger partial charge on any atom is 0.166 e. The van der Waals surface area contributed by atoms with Crippen LogP contribution in [0.15, 0.2) is 18.2 Å². The van der Waals surface area contributed by atoms with E-state index in [-0.39, 0.29) is 0 Å². The zero-order valence-electron chi connectivity index (χ0n) is 8.83. The van der Waals surface area contributed by atoms with Gasteiger partial charge >= 0.3 is 0 Å². The van der Waals surface area contributed by atoms with Gasteiger partial charge in [0, 0.05) is 25.1 Å². The molecule has 2 aliphatic heterocycles. The summed E-state index contributed by atoms with van der Waals surface area (Å²) in [5.41, 5.74) is 3.57. The van der Waals surface area contributed by atoms with E-state index >= 15 is 0 Å². The summed E-state index contributed by atoms with van der Waals surface area (Å²) >= 11 is 0. The molecule has 2 aliphatic rings. The van der Waals surface area contributed by atoms with Crippen molar-refractivity contribution in [2.45, 2.75) is 25.7 Å². The van der Waals surface area contributed by atoms with E-state index in [9.17, 15) is 4.79 Å². The topological polar surface area (TPSA) is 20.3 Å². The summed E-state index contributed by atoms with van der Waals surface area (Å²) in [6.45, 7) is 2.04. The summed E-state index contributed by atoms with van der Waals surface area (Å²) in [4.78, 5) is 14.2. The summed E-state index contributed by atoms with van der Waals surface area (Å²) < 4.78 is 0. The lowest BCUT2D eigenvalue weighted by Gasteiger charge is -2.30. The molecule has 0 fully saturated rings. The third-order valence-electron chi connectivity index (χ3n) is 3.47. The molecule has 0 amide bonds. The number of Topliss-reactive ketones (excluding diaryl/α,β-unsaturated/α-hetero) is 1. The number of hydrogen-bond acceptors (Lipinski definition) is 2. The molecule has 2 heteroatoms. The lowest BCUT2D eigenvalue weighted by Crippen LogP contribution is -2.32. The van der Waals surface area contributed by atoms with Gasteiger partial charge in [0.15, 0.2) is 5.78 Å². The van der Waals surface area contributed by atoms with Crippen LogP contribution in [0.3, 0.4) is 0 Å². The molecule has 0 unspecified atom stereocenters. The quantitative estimate of drug-likeness (QED) is 0.642. The van der Waals surface area contributed by atoms with E-state index in [0.29, 0.717) is 12.2 Å². The molecule has 15 heavy (non-hydrogen) atoms. The first kappa shape index (κ1) is 8.96. The molecule has 1 aromatic carbocycles. The number of ketones is 1. The zero-order valence-corrected chi connectivity index (χ0v) is 8.83. The fraction of sp³-hybridized carbons (Fsp3) is 0.462. The molecule has 0 aliphatic carbocycles. The molecule has 0 saturated heterocycles. The van der Waals surface area contributed by atoms with Crippen LogP contribution in [-0.4, -0.2) is 18.9 Å². The largest absolute Gasteiger partial charge is 0.370 e. The molecule has 1 aromatic rings. The van der Waals surface area contributed by atoms with Crippen LogP contribution in [0, 0.1) is 0 Å². The van der Waals surface area contributed by atoms with Gasteiger partial charge in [-0.3, -0.25) is 4.79 Å². The van der Waals surface area contributed by atoms with Crippen LogP contribution in [0.1, 0.15) is 35.2 Å². The third kappa shape index (κ3) is 1.36. The van der Waals surface area contributed by atoms with Gasteiger partial charge in [-0.1, -0.05) is 12.1 Å². The van der Waals surface area contributed by atoms with Crippen molar-refractivity contribution in [1.82, 2.24) is 0 Å². The first-order valence-electron chi connectivity index (χ1n) is 5.76. The first-order chi connectivity index (χ1) is 7.36. The van der Waals surface area contributed by atoms with Gasteiger partial charge in [0.25, 0.3) is 0 Å². The second-order valence-electron chi connectivity index (χ2n) is 4.43. The number of carbonyl (C=O) groups excluding carboxylic acids is 1. The molecule has 0 saturated carbocycles. The number of aryl methyl sites for hydroxylation is 1. The fourth-order valence-electron chi connectivity index (χ4n) is 2.72. The SMILES string of the molecule is O=C1CCN2CCCCc3cccc1c32. The van der Waals surface area contributed by atoms with Crippen LogP contribution >= 0.6 is 0 Å². The number of carbonyl (C=O) groups is 1. The number of anilines is 1. The highest BCUT2D eigenvalue weighted by molar-refractivity contribution is 6.04. The zero-order chi connectivity index (χ0) is 10.3. The summed E-state index contributed by atoms with van der Waals surface area (Å²) in [6, 6.07) is 6.19. The normalized spacial score (nSPS) is 19.7. The Morgan fingerprint density at radius 1 is 1.07 bits per heavy atom. The van der Waals surface area contributed by atoms with E-state index in [4.69, 9.17) is 0 Å². The van der Waals surface area contributed by atoms with Crippen molar-refractivity contribution in [1.29, 1.82) is 0 Å². The summed E-state index contributed by atoms with van der Waals surface area (Å²) in [6.07, 6.45) is 4.33. The highest BCUT2D eigenvalue weighted by Crippen LogP contribution is 2.33. The molecule has 0 bridgehead atoms. The lowest BCUT2D eigenvalue weighted by atomic mass is 9.96. The van der Waals surface area contributed by atoms with Crippen LogP contribution in [0.2, 0.25) is 0 Å². The van der Waals surface area contributed by atoms with Gasteiger partial charge in [0.05, 0.1) is 5.69 Å². The number of rotatable bonds is 0. The Morgan fingerprint density at radius 3 is 2.93 bits per heavy atom. The summed E-state index contributed by atoms with van der Waals surface area (Å²) in [5, 5.41) is 0. The third-order valence-corrected chi connectivity index (χ3v) is 3.47. The molecule has 0 spiro atoms. The van der Waals surface area contributed by atoms with Crippen LogP contribution < -0.4 is 4.90 Å². The van der Waals surface area contributed by atoms with Crippen molar-refractivity contribution in [2.24, 2.45) is 0 Å². The highest BCUT2D eigenvalue weighted by atomic mass is 16.1. The second kappa shape index (κ2) is 3.37. The van der Waals surface area contributed by atoms with Crippen molar-refractivity contribution < 1.29 is 4.79 Å². The van der Waals surface area contributed by atoms with E-state index in [2.05, 4.69) is 11.0 Å². The van der Waals surface area contributed by atoms with Crippen LogP contribution in [0.4, 0.5) is 5.69 Å². The maximum atomic E-state index is 11.8. The minimum Gasteiger partial charge on any atom is -0.370 e. The van der Waals surface area contributed by atoms with Crippen molar-refractivity contribution in [3.63, 3.8) is 0 Å². The van der Waals surface area contributed by atoms with E-state index in [1.165, 1.54) is 24.1 Å². The average Bonchev–Trinajstić information content (AvgIpc) is 2.47. The number of nitrogens with zero attached hydrogens (tertiary/aromatic N) is 1. The van der Waals surface area contributed by atoms with Gasteiger partial charge < -0.3 is 4.90 Å². The number of benzene rings is 1. The van der Waals surface area contributed by atoms with Crippen LogP contribution in [-0.2, 0) is 6.42 Å².